The molecule has 174 valence electrons. The van der Waals surface area contributed by atoms with Gasteiger partial charge in [-0.2, -0.15) is 4.98 Å². The lowest BCUT2D eigenvalue weighted by atomic mass is 10.00. The molecule has 0 aliphatic carbocycles. The van der Waals surface area contributed by atoms with Gasteiger partial charge in [0.05, 0.1) is 31.0 Å². The number of ether oxygens (including phenoxy) is 2. The molecule has 11 heteroatoms. The Morgan fingerprint density at radius 2 is 2.06 bits per heavy atom. The summed E-state index contributed by atoms with van der Waals surface area (Å²) in [5.74, 6) is 2.40. The molecule has 35 heavy (non-hydrogen) atoms. The minimum absolute atomic E-state index is 0.134. The number of benzene rings is 2. The SMILES string of the molecule is COc1ccc2c(c1)-c1nnc3n1Cc1c(ncn1-2)-c1noc(n1)C(C)c1cc(F)ccc1OC3. The van der Waals surface area contributed by atoms with Crippen LogP contribution in [0.15, 0.2) is 47.2 Å². The molecule has 0 saturated heterocycles. The summed E-state index contributed by atoms with van der Waals surface area (Å²) in [4.78, 5) is 9.26. The Kier molecular flexibility index (Phi) is 4.11. The molecule has 0 spiro atoms. The number of methoxy groups -OCH3 is 1. The van der Waals surface area contributed by atoms with E-state index in [1.807, 2.05) is 34.3 Å². The van der Waals surface area contributed by atoms with Gasteiger partial charge in [0.2, 0.25) is 11.7 Å². The third-order valence-electron chi connectivity index (χ3n) is 6.52. The standard InChI is InChI=1S/C24H18FN7O3/c1-12-15-7-13(25)3-6-19(15)34-10-20-28-29-23-16-8-14(33-2)4-5-17(16)32-11-26-21(18(32)9-31(20)23)22-27-24(12)35-30-22/h3-8,11-12H,9-10H2,1-2H3. The van der Waals surface area contributed by atoms with Crippen molar-refractivity contribution in [3.8, 4) is 40.1 Å². The highest BCUT2D eigenvalue weighted by molar-refractivity contribution is 5.72. The van der Waals surface area contributed by atoms with Gasteiger partial charge in [0.25, 0.3) is 0 Å². The van der Waals surface area contributed by atoms with Gasteiger partial charge < -0.3 is 18.6 Å². The molecular formula is C24H18FN7O3. The van der Waals surface area contributed by atoms with Crippen LogP contribution in [0.4, 0.5) is 4.39 Å². The van der Waals surface area contributed by atoms with Gasteiger partial charge in [-0.1, -0.05) is 5.16 Å². The van der Waals surface area contributed by atoms with Gasteiger partial charge in [0, 0.05) is 11.1 Å². The molecule has 1 unspecified atom stereocenters. The summed E-state index contributed by atoms with van der Waals surface area (Å²) < 4.78 is 35.4. The van der Waals surface area contributed by atoms with E-state index in [4.69, 9.17) is 14.0 Å². The van der Waals surface area contributed by atoms with Crippen molar-refractivity contribution in [1.82, 2.24) is 34.5 Å². The minimum Gasteiger partial charge on any atom is -0.497 e. The van der Waals surface area contributed by atoms with E-state index in [1.165, 1.54) is 12.1 Å². The lowest BCUT2D eigenvalue weighted by Crippen LogP contribution is -2.11. The summed E-state index contributed by atoms with van der Waals surface area (Å²) >= 11 is 0. The highest BCUT2D eigenvalue weighted by Crippen LogP contribution is 2.38. The molecule has 5 aromatic rings. The van der Waals surface area contributed by atoms with E-state index in [-0.39, 0.29) is 12.4 Å². The second-order valence-electron chi connectivity index (χ2n) is 8.47. The fourth-order valence-electron chi connectivity index (χ4n) is 4.68. The highest BCUT2D eigenvalue weighted by Gasteiger charge is 2.30. The molecule has 0 saturated carbocycles. The number of nitrogens with zero attached hydrogens (tertiary/aromatic N) is 7. The first kappa shape index (κ1) is 19.9. The maximum atomic E-state index is 14.2. The Morgan fingerprint density at radius 1 is 1.14 bits per heavy atom. The number of hydrogen-bond acceptors (Lipinski definition) is 8. The van der Waals surface area contributed by atoms with E-state index in [9.17, 15) is 4.39 Å². The summed E-state index contributed by atoms with van der Waals surface area (Å²) in [5.41, 5.74) is 3.74. The summed E-state index contributed by atoms with van der Waals surface area (Å²) in [6.07, 6.45) is 1.74. The Bertz CT molecular complexity index is 1620. The number of rotatable bonds is 1. The normalized spacial score (nSPS) is 15.6. The Balaban J connectivity index is 1.51. The van der Waals surface area contributed by atoms with E-state index < -0.39 is 5.92 Å². The van der Waals surface area contributed by atoms with Crippen LogP contribution < -0.4 is 9.47 Å². The first-order valence-electron chi connectivity index (χ1n) is 11.0. The predicted octanol–water partition coefficient (Wildman–Crippen LogP) is 3.73. The second-order valence-corrected chi connectivity index (χ2v) is 8.47. The van der Waals surface area contributed by atoms with Crippen LogP contribution >= 0.6 is 0 Å². The molecule has 0 N–H and O–H groups in total. The molecule has 0 radical (unpaired) electrons. The van der Waals surface area contributed by atoms with E-state index in [2.05, 4.69) is 25.3 Å². The molecule has 3 aromatic heterocycles. The lowest BCUT2D eigenvalue weighted by Gasteiger charge is -2.15. The molecule has 5 heterocycles. The van der Waals surface area contributed by atoms with Gasteiger partial charge >= 0.3 is 0 Å². The van der Waals surface area contributed by atoms with Gasteiger partial charge in [0.1, 0.15) is 35.9 Å². The first-order chi connectivity index (χ1) is 17.1. The van der Waals surface area contributed by atoms with Crippen LogP contribution in [-0.4, -0.2) is 41.6 Å². The summed E-state index contributed by atoms with van der Waals surface area (Å²) in [5, 5.41) is 13.1. The topological polar surface area (TPSA) is 106 Å². The van der Waals surface area contributed by atoms with Crippen LogP contribution in [-0.2, 0) is 13.2 Å². The van der Waals surface area contributed by atoms with Crippen molar-refractivity contribution in [3.05, 3.63) is 71.5 Å². The van der Waals surface area contributed by atoms with Crippen molar-refractivity contribution in [2.24, 2.45) is 0 Å². The molecule has 1 atom stereocenters. The number of halogens is 1. The highest BCUT2D eigenvalue weighted by atomic mass is 19.1. The van der Waals surface area contributed by atoms with Crippen LogP contribution in [0.2, 0.25) is 0 Å². The van der Waals surface area contributed by atoms with Crippen LogP contribution in [0.25, 0.3) is 28.6 Å². The minimum atomic E-state index is -0.400. The van der Waals surface area contributed by atoms with Gasteiger partial charge in [-0.3, -0.25) is 4.57 Å². The Hall–Kier alpha value is -4.54. The van der Waals surface area contributed by atoms with Gasteiger partial charge in [-0.15, -0.1) is 10.2 Å². The monoisotopic (exact) mass is 471 g/mol. The van der Waals surface area contributed by atoms with Crippen molar-refractivity contribution in [2.75, 3.05) is 7.11 Å². The maximum absolute atomic E-state index is 14.2. The molecule has 7 rings (SSSR count). The quantitative estimate of drug-likeness (QED) is 0.357. The van der Waals surface area contributed by atoms with Crippen molar-refractivity contribution >= 4 is 0 Å². The largest absolute Gasteiger partial charge is 0.497 e. The zero-order chi connectivity index (χ0) is 23.7. The van der Waals surface area contributed by atoms with Gasteiger partial charge in [-0.05, 0) is 43.3 Å². The van der Waals surface area contributed by atoms with E-state index >= 15 is 0 Å². The third-order valence-corrected chi connectivity index (χ3v) is 6.52. The number of imidazole rings is 1. The van der Waals surface area contributed by atoms with E-state index in [1.54, 1.807) is 19.5 Å². The molecule has 2 aliphatic rings. The number of aromatic nitrogens is 7. The summed E-state index contributed by atoms with van der Waals surface area (Å²) in [7, 11) is 1.62. The van der Waals surface area contributed by atoms with Crippen molar-refractivity contribution in [2.45, 2.75) is 26.0 Å². The Morgan fingerprint density at radius 3 is 2.94 bits per heavy atom. The first-order valence-corrected chi connectivity index (χ1v) is 11.0. The third kappa shape index (κ3) is 2.90. The van der Waals surface area contributed by atoms with Crippen LogP contribution in [0.3, 0.4) is 0 Å². The maximum Gasteiger partial charge on any atom is 0.234 e. The van der Waals surface area contributed by atoms with Gasteiger partial charge in [0.15, 0.2) is 11.6 Å². The zero-order valence-corrected chi connectivity index (χ0v) is 18.8. The molecule has 0 amide bonds. The summed E-state index contributed by atoms with van der Waals surface area (Å²) in [6, 6.07) is 10.2. The molecule has 0 fully saturated rings. The number of fused-ring (bicyclic) bond motifs is 7. The zero-order valence-electron chi connectivity index (χ0n) is 18.8. The lowest BCUT2D eigenvalue weighted by molar-refractivity contribution is 0.283. The average molecular weight is 471 g/mol. The van der Waals surface area contributed by atoms with Crippen molar-refractivity contribution < 1.29 is 18.4 Å². The second kappa shape index (κ2) is 7.23. The van der Waals surface area contributed by atoms with Gasteiger partial charge in [-0.25, -0.2) is 9.37 Å². The van der Waals surface area contributed by atoms with E-state index in [0.29, 0.717) is 52.7 Å². The fourth-order valence-corrected chi connectivity index (χ4v) is 4.68. The van der Waals surface area contributed by atoms with Crippen LogP contribution in [0.5, 0.6) is 11.5 Å². The molecule has 2 aromatic carbocycles. The molecular weight excluding hydrogens is 453 g/mol. The molecule has 10 nitrogen and oxygen atoms in total. The fraction of sp³-hybridized carbons (Fsp3) is 0.208. The smallest absolute Gasteiger partial charge is 0.234 e. The average Bonchev–Trinajstić information content (AvgIpc) is 3.59. The van der Waals surface area contributed by atoms with Crippen LogP contribution in [0, 0.1) is 5.82 Å². The van der Waals surface area contributed by atoms with E-state index in [0.717, 1.165) is 16.9 Å². The predicted molar refractivity (Wildman–Crippen MR) is 120 cm³/mol. The van der Waals surface area contributed by atoms with Crippen molar-refractivity contribution in [3.63, 3.8) is 0 Å². The molecule has 4 bridgehead atoms. The summed E-state index contributed by atoms with van der Waals surface area (Å²) in [6.45, 7) is 2.41. The van der Waals surface area contributed by atoms with Crippen molar-refractivity contribution in [1.29, 1.82) is 0 Å². The van der Waals surface area contributed by atoms with Crippen LogP contribution in [0.1, 0.15) is 35.8 Å². The number of hydrogen-bond donors (Lipinski definition) is 0. The Labute approximate surface area is 198 Å². The molecule has 2 aliphatic heterocycles.